The highest BCUT2D eigenvalue weighted by atomic mass is 16.3. The van der Waals surface area contributed by atoms with E-state index in [9.17, 15) is 0 Å². The van der Waals surface area contributed by atoms with Crippen molar-refractivity contribution in [3.8, 4) is 0 Å². The molecule has 1 aromatic rings. The van der Waals surface area contributed by atoms with Crippen LogP contribution >= 0.6 is 0 Å². The molecular formula is C11H20N4O. The molecule has 0 spiro atoms. The Hall–Kier alpha value is -1.49. The van der Waals surface area contributed by atoms with E-state index in [-0.39, 0.29) is 6.04 Å². The van der Waals surface area contributed by atoms with Gasteiger partial charge in [0, 0.05) is 20.6 Å². The van der Waals surface area contributed by atoms with Crippen molar-refractivity contribution < 1.29 is 4.42 Å². The molecule has 0 aromatic carbocycles. The minimum Gasteiger partial charge on any atom is -0.468 e. The lowest BCUT2D eigenvalue weighted by Gasteiger charge is -2.23. The Bertz CT molecular complexity index is 319. The summed E-state index contributed by atoms with van der Waals surface area (Å²) in [5.41, 5.74) is 0. The molecule has 2 N–H and O–H groups in total. The number of likely N-dealkylation sites (N-methyl/N-ethyl adjacent to an activating group) is 1. The van der Waals surface area contributed by atoms with Gasteiger partial charge in [-0.2, -0.15) is 0 Å². The molecular weight excluding hydrogens is 204 g/mol. The van der Waals surface area contributed by atoms with Gasteiger partial charge in [0.1, 0.15) is 5.76 Å². The third kappa shape index (κ3) is 3.27. The first-order valence-corrected chi connectivity index (χ1v) is 5.27. The molecule has 90 valence electrons. The number of hydrogen-bond donors (Lipinski definition) is 2. The molecule has 0 fully saturated rings. The molecule has 0 aliphatic carbocycles. The Kier molecular flexibility index (Phi) is 4.85. The topological polar surface area (TPSA) is 52.8 Å². The molecule has 0 saturated heterocycles. The zero-order valence-electron chi connectivity index (χ0n) is 10.3. The average molecular weight is 224 g/mol. The van der Waals surface area contributed by atoms with Crippen LogP contribution in [0.3, 0.4) is 0 Å². The summed E-state index contributed by atoms with van der Waals surface area (Å²) in [7, 11) is 7.64. The Balaban J connectivity index is 2.60. The van der Waals surface area contributed by atoms with Gasteiger partial charge in [-0.05, 0) is 26.2 Å². The monoisotopic (exact) mass is 224 g/mol. The van der Waals surface area contributed by atoms with Gasteiger partial charge in [-0.1, -0.05) is 0 Å². The fraction of sp³-hybridized carbons (Fsp3) is 0.545. The van der Waals surface area contributed by atoms with Gasteiger partial charge < -0.3 is 15.1 Å². The molecule has 1 rings (SSSR count). The quantitative estimate of drug-likeness (QED) is 0.583. The second kappa shape index (κ2) is 6.17. The van der Waals surface area contributed by atoms with E-state index in [2.05, 4.69) is 20.5 Å². The molecule has 0 radical (unpaired) electrons. The van der Waals surface area contributed by atoms with E-state index in [1.54, 1.807) is 13.3 Å². The van der Waals surface area contributed by atoms with Crippen LogP contribution in [0.2, 0.25) is 0 Å². The highest BCUT2D eigenvalue weighted by Gasteiger charge is 2.16. The van der Waals surface area contributed by atoms with E-state index in [4.69, 9.17) is 4.42 Å². The van der Waals surface area contributed by atoms with E-state index >= 15 is 0 Å². The van der Waals surface area contributed by atoms with Crippen molar-refractivity contribution in [3.05, 3.63) is 24.2 Å². The van der Waals surface area contributed by atoms with E-state index in [0.29, 0.717) is 0 Å². The number of nitrogens with zero attached hydrogens (tertiary/aromatic N) is 2. The molecule has 1 heterocycles. The SMILES string of the molecule is CN=C(NC)NCC(c1ccco1)N(C)C. The molecule has 0 bridgehead atoms. The molecule has 0 saturated carbocycles. The molecule has 1 unspecified atom stereocenters. The minimum absolute atomic E-state index is 0.195. The highest BCUT2D eigenvalue weighted by molar-refractivity contribution is 5.79. The van der Waals surface area contributed by atoms with Crippen LogP contribution in [0.1, 0.15) is 11.8 Å². The van der Waals surface area contributed by atoms with Gasteiger partial charge in [0.05, 0.1) is 12.3 Å². The summed E-state index contributed by atoms with van der Waals surface area (Å²) in [6, 6.07) is 4.08. The van der Waals surface area contributed by atoms with Crippen LogP contribution in [0.15, 0.2) is 27.8 Å². The largest absolute Gasteiger partial charge is 0.468 e. The van der Waals surface area contributed by atoms with Crippen LogP contribution < -0.4 is 10.6 Å². The first-order valence-electron chi connectivity index (χ1n) is 5.27. The van der Waals surface area contributed by atoms with Crippen LogP contribution in [-0.4, -0.2) is 45.6 Å². The lowest BCUT2D eigenvalue weighted by Crippen LogP contribution is -2.40. The first-order chi connectivity index (χ1) is 7.69. The summed E-state index contributed by atoms with van der Waals surface area (Å²) in [6.07, 6.45) is 1.69. The van der Waals surface area contributed by atoms with Crippen LogP contribution in [0, 0.1) is 0 Å². The number of aliphatic imine (C=N–C) groups is 1. The first kappa shape index (κ1) is 12.6. The summed E-state index contributed by atoms with van der Waals surface area (Å²) in [4.78, 5) is 6.17. The number of rotatable bonds is 4. The maximum atomic E-state index is 5.41. The number of guanidine groups is 1. The third-order valence-electron chi connectivity index (χ3n) is 2.42. The van der Waals surface area contributed by atoms with Gasteiger partial charge >= 0.3 is 0 Å². The normalized spacial score (nSPS) is 13.9. The van der Waals surface area contributed by atoms with Crippen molar-refractivity contribution in [1.82, 2.24) is 15.5 Å². The van der Waals surface area contributed by atoms with E-state index < -0.39 is 0 Å². The lowest BCUT2D eigenvalue weighted by molar-refractivity contribution is 0.258. The predicted octanol–water partition coefficient (Wildman–Crippen LogP) is 0.677. The van der Waals surface area contributed by atoms with Gasteiger partial charge in [0.25, 0.3) is 0 Å². The summed E-state index contributed by atoms with van der Waals surface area (Å²) >= 11 is 0. The summed E-state index contributed by atoms with van der Waals surface area (Å²) in [5.74, 6) is 1.72. The van der Waals surface area contributed by atoms with Crippen molar-refractivity contribution in [2.24, 2.45) is 4.99 Å². The second-order valence-corrected chi connectivity index (χ2v) is 3.70. The lowest BCUT2D eigenvalue weighted by atomic mass is 10.2. The summed E-state index contributed by atoms with van der Waals surface area (Å²) in [5, 5.41) is 6.21. The standard InChI is InChI=1S/C11H20N4O/c1-12-11(13-2)14-8-9(15(3)4)10-6-5-7-16-10/h5-7,9H,8H2,1-4H3,(H2,12,13,14). The van der Waals surface area contributed by atoms with Gasteiger partial charge in [0.2, 0.25) is 0 Å². The van der Waals surface area contributed by atoms with Crippen molar-refractivity contribution in [3.63, 3.8) is 0 Å². The maximum absolute atomic E-state index is 5.41. The summed E-state index contributed by atoms with van der Waals surface area (Å²) < 4.78 is 5.41. The average Bonchev–Trinajstić information content (AvgIpc) is 2.77. The maximum Gasteiger partial charge on any atom is 0.190 e. The minimum atomic E-state index is 0.195. The molecule has 16 heavy (non-hydrogen) atoms. The Morgan fingerprint density at radius 3 is 2.75 bits per heavy atom. The molecule has 0 amide bonds. The molecule has 0 aliphatic heterocycles. The van der Waals surface area contributed by atoms with E-state index in [1.165, 1.54) is 0 Å². The van der Waals surface area contributed by atoms with Gasteiger partial charge in [0.15, 0.2) is 5.96 Å². The zero-order valence-corrected chi connectivity index (χ0v) is 10.3. The fourth-order valence-corrected chi connectivity index (χ4v) is 1.49. The Morgan fingerprint density at radius 1 is 1.56 bits per heavy atom. The molecule has 5 heteroatoms. The Labute approximate surface area is 96.5 Å². The second-order valence-electron chi connectivity index (χ2n) is 3.70. The highest BCUT2D eigenvalue weighted by Crippen LogP contribution is 2.17. The zero-order chi connectivity index (χ0) is 12.0. The van der Waals surface area contributed by atoms with Crippen LogP contribution in [0.5, 0.6) is 0 Å². The number of nitrogens with one attached hydrogen (secondary N) is 2. The van der Waals surface area contributed by atoms with Gasteiger partial charge in [-0.25, -0.2) is 0 Å². The predicted molar refractivity (Wildman–Crippen MR) is 65.6 cm³/mol. The Morgan fingerprint density at radius 2 is 2.31 bits per heavy atom. The van der Waals surface area contributed by atoms with Crippen LogP contribution in [0.25, 0.3) is 0 Å². The molecule has 0 aliphatic rings. The number of furan rings is 1. The van der Waals surface area contributed by atoms with Crippen LogP contribution in [-0.2, 0) is 0 Å². The van der Waals surface area contributed by atoms with Gasteiger partial charge in [-0.3, -0.25) is 9.89 Å². The molecule has 1 atom stereocenters. The number of hydrogen-bond acceptors (Lipinski definition) is 3. The van der Waals surface area contributed by atoms with Crippen molar-refractivity contribution >= 4 is 5.96 Å². The fourth-order valence-electron chi connectivity index (χ4n) is 1.49. The molecule has 5 nitrogen and oxygen atoms in total. The smallest absolute Gasteiger partial charge is 0.190 e. The van der Waals surface area contributed by atoms with E-state index in [0.717, 1.165) is 18.3 Å². The summed E-state index contributed by atoms with van der Waals surface area (Å²) in [6.45, 7) is 0.744. The van der Waals surface area contributed by atoms with Crippen molar-refractivity contribution in [1.29, 1.82) is 0 Å². The third-order valence-corrected chi connectivity index (χ3v) is 2.42. The van der Waals surface area contributed by atoms with Gasteiger partial charge in [-0.15, -0.1) is 0 Å². The van der Waals surface area contributed by atoms with Crippen LogP contribution in [0.4, 0.5) is 0 Å². The van der Waals surface area contributed by atoms with Crippen molar-refractivity contribution in [2.75, 3.05) is 34.7 Å². The van der Waals surface area contributed by atoms with Crippen molar-refractivity contribution in [2.45, 2.75) is 6.04 Å². The molecule has 1 aromatic heterocycles. The van der Waals surface area contributed by atoms with E-state index in [1.807, 2.05) is 33.3 Å².